The molecule has 1 unspecified atom stereocenters. The Morgan fingerprint density at radius 3 is 2.21 bits per heavy atom. The molecule has 2 amide bonds. The van der Waals surface area contributed by atoms with Gasteiger partial charge in [0, 0.05) is 25.6 Å². The van der Waals surface area contributed by atoms with Crippen molar-refractivity contribution in [1.82, 2.24) is 15.2 Å². The van der Waals surface area contributed by atoms with Crippen molar-refractivity contribution >= 4 is 17.7 Å². The molecule has 0 aromatic heterocycles. The Hall–Kier alpha value is -2.41. The van der Waals surface area contributed by atoms with Crippen molar-refractivity contribution in [2.75, 3.05) is 27.2 Å². The highest BCUT2D eigenvalue weighted by molar-refractivity contribution is 5.99. The molecule has 1 aromatic carbocycles. The first-order valence-corrected chi connectivity index (χ1v) is 9.88. The van der Waals surface area contributed by atoms with E-state index in [1.54, 1.807) is 0 Å². The van der Waals surface area contributed by atoms with Crippen LogP contribution in [0.3, 0.4) is 0 Å². The summed E-state index contributed by atoms with van der Waals surface area (Å²) in [6.45, 7) is 13.2. The van der Waals surface area contributed by atoms with Crippen molar-refractivity contribution in [3.63, 3.8) is 0 Å². The Morgan fingerprint density at radius 1 is 1.14 bits per heavy atom. The van der Waals surface area contributed by atoms with E-state index in [-0.39, 0.29) is 28.5 Å². The van der Waals surface area contributed by atoms with Crippen LogP contribution in [0, 0.1) is 5.41 Å². The molecular formula is C22H34N4O3. The Balaban J connectivity index is 2.11. The predicted molar refractivity (Wildman–Crippen MR) is 114 cm³/mol. The summed E-state index contributed by atoms with van der Waals surface area (Å²) in [5.74, 6) is -0.454. The fourth-order valence-electron chi connectivity index (χ4n) is 3.29. The molecule has 1 aliphatic heterocycles. The Morgan fingerprint density at radius 2 is 1.72 bits per heavy atom. The van der Waals surface area contributed by atoms with E-state index in [4.69, 9.17) is 4.74 Å². The van der Waals surface area contributed by atoms with Gasteiger partial charge in [0.15, 0.2) is 0 Å². The van der Waals surface area contributed by atoms with Gasteiger partial charge in [-0.05, 0) is 42.6 Å². The second kappa shape index (κ2) is 8.53. The summed E-state index contributed by atoms with van der Waals surface area (Å²) in [4.78, 5) is 26.8. The third-order valence-corrected chi connectivity index (χ3v) is 4.67. The molecule has 0 spiro atoms. The van der Waals surface area contributed by atoms with Crippen LogP contribution in [-0.2, 0) is 19.7 Å². The van der Waals surface area contributed by atoms with E-state index in [0.29, 0.717) is 6.54 Å². The van der Waals surface area contributed by atoms with Gasteiger partial charge in [0.25, 0.3) is 12.1 Å². The van der Waals surface area contributed by atoms with Crippen LogP contribution in [0.15, 0.2) is 29.4 Å². The molecule has 1 heterocycles. The van der Waals surface area contributed by atoms with Gasteiger partial charge in [-0.3, -0.25) is 9.59 Å². The van der Waals surface area contributed by atoms with E-state index in [2.05, 4.69) is 49.9 Å². The van der Waals surface area contributed by atoms with Crippen LogP contribution in [0.5, 0.6) is 0 Å². The number of nitrogens with zero attached hydrogens (tertiary/aromatic N) is 3. The molecule has 0 saturated carbocycles. The fourth-order valence-corrected chi connectivity index (χ4v) is 3.29. The van der Waals surface area contributed by atoms with Crippen LogP contribution in [0.25, 0.3) is 0 Å². The van der Waals surface area contributed by atoms with Crippen molar-refractivity contribution in [3.05, 3.63) is 35.4 Å². The van der Waals surface area contributed by atoms with Gasteiger partial charge in [0.05, 0.1) is 0 Å². The number of ether oxygens (including phenoxy) is 1. The highest BCUT2D eigenvalue weighted by Gasteiger charge is 2.38. The van der Waals surface area contributed by atoms with Crippen molar-refractivity contribution in [3.8, 4) is 0 Å². The monoisotopic (exact) mass is 402 g/mol. The molecule has 0 bridgehead atoms. The summed E-state index contributed by atoms with van der Waals surface area (Å²) in [7, 11) is 3.98. The van der Waals surface area contributed by atoms with Crippen LogP contribution in [0.1, 0.15) is 52.7 Å². The minimum Gasteiger partial charge on any atom is -0.440 e. The molecule has 0 saturated heterocycles. The van der Waals surface area contributed by atoms with E-state index >= 15 is 0 Å². The molecule has 0 radical (unpaired) electrons. The lowest BCUT2D eigenvalue weighted by molar-refractivity contribution is -0.147. The molecule has 29 heavy (non-hydrogen) atoms. The minimum atomic E-state index is -1.10. The third-order valence-electron chi connectivity index (χ3n) is 4.67. The van der Waals surface area contributed by atoms with E-state index in [1.807, 2.05) is 38.4 Å². The second-order valence-electron chi connectivity index (χ2n) is 9.69. The smallest absolute Gasteiger partial charge is 0.284 e. The van der Waals surface area contributed by atoms with Crippen molar-refractivity contribution < 1.29 is 14.3 Å². The van der Waals surface area contributed by atoms with Gasteiger partial charge in [-0.1, -0.05) is 46.8 Å². The first-order chi connectivity index (χ1) is 13.3. The molecule has 1 aliphatic rings. The van der Waals surface area contributed by atoms with Gasteiger partial charge in [0.2, 0.25) is 11.8 Å². The Labute approximate surface area is 174 Å². The normalized spacial score (nSPS) is 17.2. The van der Waals surface area contributed by atoms with Crippen LogP contribution < -0.4 is 5.32 Å². The van der Waals surface area contributed by atoms with E-state index in [9.17, 15) is 9.59 Å². The maximum absolute atomic E-state index is 12.7. The number of carbonyl (C=O) groups is 2. The van der Waals surface area contributed by atoms with Crippen LogP contribution in [-0.4, -0.2) is 61.0 Å². The third kappa shape index (κ3) is 6.03. The van der Waals surface area contributed by atoms with Crippen molar-refractivity contribution in [1.29, 1.82) is 0 Å². The summed E-state index contributed by atoms with van der Waals surface area (Å²) in [5, 5.41) is 8.25. The molecule has 0 fully saturated rings. The number of carbonyl (C=O) groups excluding carboxylic acids is 2. The summed E-state index contributed by atoms with van der Waals surface area (Å²) in [6, 6.07) is 7.82. The molecule has 7 nitrogen and oxygen atoms in total. The highest BCUT2D eigenvalue weighted by Crippen LogP contribution is 2.24. The van der Waals surface area contributed by atoms with E-state index in [1.165, 1.54) is 12.5 Å². The maximum atomic E-state index is 12.7. The standard InChI is InChI=1S/C22H34N4O3/c1-15(27)26-20(18(28)23-13-22(5,6)14-25(7)8)29-19(24-26)16-9-11-17(12-10-16)21(2,3)4/h9-12,20H,13-14H2,1-8H3,(H,23,28). The average Bonchev–Trinajstić information content (AvgIpc) is 3.04. The number of hydrogen-bond donors (Lipinski definition) is 1. The quantitative estimate of drug-likeness (QED) is 0.794. The lowest BCUT2D eigenvalue weighted by Crippen LogP contribution is -2.48. The molecule has 1 aromatic rings. The molecule has 0 aliphatic carbocycles. The number of nitrogens with one attached hydrogen (secondary N) is 1. The summed E-state index contributed by atoms with van der Waals surface area (Å²) >= 11 is 0. The number of hydrogen-bond acceptors (Lipinski definition) is 5. The maximum Gasteiger partial charge on any atom is 0.284 e. The van der Waals surface area contributed by atoms with Gasteiger partial charge in [0.1, 0.15) is 0 Å². The van der Waals surface area contributed by atoms with Gasteiger partial charge >= 0.3 is 0 Å². The van der Waals surface area contributed by atoms with E-state index < -0.39 is 6.23 Å². The molecular weight excluding hydrogens is 368 g/mol. The highest BCUT2D eigenvalue weighted by atomic mass is 16.5. The van der Waals surface area contributed by atoms with Gasteiger partial charge < -0.3 is 15.0 Å². The Bertz CT molecular complexity index is 776. The topological polar surface area (TPSA) is 74.2 Å². The zero-order valence-corrected chi connectivity index (χ0v) is 18.9. The largest absolute Gasteiger partial charge is 0.440 e. The van der Waals surface area contributed by atoms with Crippen molar-refractivity contribution in [2.45, 2.75) is 53.2 Å². The van der Waals surface area contributed by atoms with Crippen LogP contribution >= 0.6 is 0 Å². The number of hydrazone groups is 1. The van der Waals surface area contributed by atoms with Gasteiger partial charge in [-0.25, -0.2) is 0 Å². The first-order valence-electron chi connectivity index (χ1n) is 9.88. The fraction of sp³-hybridized carbons (Fsp3) is 0.591. The number of amides is 2. The average molecular weight is 403 g/mol. The van der Waals surface area contributed by atoms with Gasteiger partial charge in [-0.2, -0.15) is 5.01 Å². The predicted octanol–water partition coefficient (Wildman–Crippen LogP) is 2.55. The summed E-state index contributed by atoms with van der Waals surface area (Å²) in [5.41, 5.74) is 1.82. The SMILES string of the molecule is CC(=O)N1N=C(c2ccc(C(C)(C)C)cc2)OC1C(=O)NCC(C)(C)CN(C)C. The molecule has 2 rings (SSSR count). The molecule has 7 heteroatoms. The van der Waals surface area contributed by atoms with Crippen LogP contribution in [0.2, 0.25) is 0 Å². The summed E-state index contributed by atoms with van der Waals surface area (Å²) in [6.07, 6.45) is -1.10. The summed E-state index contributed by atoms with van der Waals surface area (Å²) < 4.78 is 5.79. The van der Waals surface area contributed by atoms with E-state index in [0.717, 1.165) is 17.1 Å². The Kier molecular flexibility index (Phi) is 6.73. The minimum absolute atomic E-state index is 0.0318. The van der Waals surface area contributed by atoms with Crippen molar-refractivity contribution in [2.24, 2.45) is 10.5 Å². The second-order valence-corrected chi connectivity index (χ2v) is 9.69. The number of rotatable bonds is 6. The first kappa shape index (κ1) is 22.9. The zero-order chi connectivity index (χ0) is 22.0. The molecule has 1 N–H and O–H groups in total. The van der Waals surface area contributed by atoms with Gasteiger partial charge in [-0.15, -0.1) is 5.10 Å². The lowest BCUT2D eigenvalue weighted by Gasteiger charge is -2.29. The molecule has 1 atom stereocenters. The molecule has 160 valence electrons. The number of benzene rings is 1. The zero-order valence-electron chi connectivity index (χ0n) is 18.9. The van der Waals surface area contributed by atoms with Crippen LogP contribution in [0.4, 0.5) is 0 Å². The lowest BCUT2D eigenvalue weighted by atomic mass is 9.87.